The number of rotatable bonds is 8. The van der Waals surface area contributed by atoms with Crippen LogP contribution in [-0.4, -0.2) is 45.4 Å². The highest BCUT2D eigenvalue weighted by atomic mass is 19.3. The average molecular weight is 388 g/mol. The summed E-state index contributed by atoms with van der Waals surface area (Å²) in [6, 6.07) is 2.36. The Labute approximate surface area is 156 Å². The van der Waals surface area contributed by atoms with Crippen LogP contribution in [0.15, 0.2) is 23.1 Å². The highest BCUT2D eigenvalue weighted by molar-refractivity contribution is 5.92. The summed E-state index contributed by atoms with van der Waals surface area (Å²) in [6.45, 7) is 3.16. The third kappa shape index (κ3) is 4.53. The number of amides is 1. The van der Waals surface area contributed by atoms with Gasteiger partial charge in [-0.3, -0.25) is 14.2 Å². The lowest BCUT2D eigenvalue weighted by Gasteiger charge is -2.22. The van der Waals surface area contributed by atoms with Crippen molar-refractivity contribution in [1.29, 1.82) is 0 Å². The van der Waals surface area contributed by atoms with Crippen molar-refractivity contribution in [3.63, 3.8) is 0 Å². The number of hydrogen-bond acceptors (Lipinski definition) is 5. The van der Waals surface area contributed by atoms with Crippen molar-refractivity contribution >= 4 is 11.6 Å². The number of halogens is 2. The molecule has 3 N–H and O–H groups in total. The number of nitrogens with zero attached hydrogens (tertiary/aromatic N) is 1. The normalized spacial score (nSPS) is 24.3. The van der Waals surface area contributed by atoms with Gasteiger partial charge in [0.15, 0.2) is 6.10 Å². The largest absolute Gasteiger partial charge is 0.394 e. The monoisotopic (exact) mass is 388 g/mol. The molecule has 9 heteroatoms. The van der Waals surface area contributed by atoms with Crippen LogP contribution in [0.2, 0.25) is 0 Å². The van der Waals surface area contributed by atoms with E-state index in [0.29, 0.717) is 4.57 Å². The number of aromatic nitrogens is 1. The summed E-state index contributed by atoms with van der Waals surface area (Å²) in [7, 11) is 0. The second-order valence-electron chi connectivity index (χ2n) is 6.75. The molecule has 7 nitrogen and oxygen atoms in total. The van der Waals surface area contributed by atoms with E-state index in [1.54, 1.807) is 0 Å². The van der Waals surface area contributed by atoms with Crippen molar-refractivity contribution in [2.24, 2.45) is 5.92 Å². The minimum Gasteiger partial charge on any atom is -0.394 e. The van der Waals surface area contributed by atoms with E-state index >= 15 is 0 Å². The van der Waals surface area contributed by atoms with Crippen LogP contribution in [0.25, 0.3) is 0 Å². The zero-order chi connectivity index (χ0) is 20.2. The van der Waals surface area contributed by atoms with Crippen LogP contribution < -0.4 is 10.9 Å². The smallest absolute Gasteiger partial charge is 0.320 e. The van der Waals surface area contributed by atoms with Gasteiger partial charge in [-0.05, 0) is 18.9 Å². The standard InChI is InChI=1S/C18H26F2N2O5/c1-3-5-11(6-4-2)16(26)21-12-7-8-22(14(24)9-12)17-18(19,20)15(25)13(10-23)27-17/h7-9,11,13,15,17,23,25H,3-6,10H2,1-2H3,(H,21,26)/t13-,15-,17-/m1/s1. The van der Waals surface area contributed by atoms with Crippen molar-refractivity contribution in [2.45, 2.75) is 63.9 Å². The fraction of sp³-hybridized carbons (Fsp3) is 0.667. The zero-order valence-electron chi connectivity index (χ0n) is 15.4. The molecule has 2 heterocycles. The van der Waals surface area contributed by atoms with Crippen LogP contribution in [0.4, 0.5) is 14.5 Å². The third-order valence-corrected chi connectivity index (χ3v) is 4.67. The van der Waals surface area contributed by atoms with Gasteiger partial charge in [-0.25, -0.2) is 0 Å². The molecular formula is C18H26F2N2O5. The van der Waals surface area contributed by atoms with E-state index < -0.39 is 36.5 Å². The zero-order valence-corrected chi connectivity index (χ0v) is 15.4. The SMILES string of the molecule is CCCC(CCC)C(=O)Nc1ccn([C@@H]2O[C@H](CO)[C@@H](O)C2(F)F)c(=O)c1. The molecule has 1 saturated heterocycles. The maximum absolute atomic E-state index is 14.2. The molecule has 1 aromatic rings. The molecule has 2 rings (SSSR count). The molecule has 0 spiro atoms. The summed E-state index contributed by atoms with van der Waals surface area (Å²) in [4.78, 5) is 24.6. The minimum atomic E-state index is -3.74. The predicted molar refractivity (Wildman–Crippen MR) is 94.6 cm³/mol. The second-order valence-corrected chi connectivity index (χ2v) is 6.75. The quantitative estimate of drug-likeness (QED) is 0.631. The molecule has 1 fully saturated rings. The van der Waals surface area contributed by atoms with Gasteiger partial charge in [0.2, 0.25) is 12.1 Å². The number of pyridine rings is 1. The molecule has 0 radical (unpaired) electrons. The number of ether oxygens (including phenoxy) is 1. The first-order chi connectivity index (χ1) is 12.8. The molecule has 0 saturated carbocycles. The van der Waals surface area contributed by atoms with E-state index in [9.17, 15) is 23.5 Å². The lowest BCUT2D eigenvalue weighted by molar-refractivity contribution is -0.140. The molecule has 1 amide bonds. The van der Waals surface area contributed by atoms with Crippen LogP contribution >= 0.6 is 0 Å². The fourth-order valence-corrected chi connectivity index (χ4v) is 3.23. The van der Waals surface area contributed by atoms with E-state index in [-0.39, 0.29) is 17.5 Å². The first-order valence-corrected chi connectivity index (χ1v) is 9.11. The topological polar surface area (TPSA) is 101 Å². The summed E-state index contributed by atoms with van der Waals surface area (Å²) in [6.07, 6.45) is -1.52. The van der Waals surface area contributed by atoms with Crippen molar-refractivity contribution in [3.8, 4) is 0 Å². The van der Waals surface area contributed by atoms with E-state index in [4.69, 9.17) is 9.84 Å². The molecule has 0 unspecified atom stereocenters. The lowest BCUT2D eigenvalue weighted by Crippen LogP contribution is -2.41. The summed E-state index contributed by atoms with van der Waals surface area (Å²) in [5.41, 5.74) is -0.607. The second kappa shape index (κ2) is 8.90. The Balaban J connectivity index is 2.18. The van der Waals surface area contributed by atoms with Gasteiger partial charge in [-0.15, -0.1) is 0 Å². The van der Waals surface area contributed by atoms with Crippen LogP contribution in [0.1, 0.15) is 45.8 Å². The Bertz CT molecular complexity index is 703. The number of aliphatic hydroxyl groups is 2. The first kappa shape index (κ1) is 21.5. The molecule has 0 bridgehead atoms. The maximum Gasteiger partial charge on any atom is 0.320 e. The number of anilines is 1. The Kier molecular flexibility index (Phi) is 7.07. The summed E-state index contributed by atoms with van der Waals surface area (Å²) >= 11 is 0. The van der Waals surface area contributed by atoms with Gasteiger partial charge in [0, 0.05) is 23.9 Å². The summed E-state index contributed by atoms with van der Waals surface area (Å²) in [5, 5.41) is 21.2. The van der Waals surface area contributed by atoms with E-state index in [2.05, 4.69) is 5.32 Å². The number of carbonyl (C=O) groups excluding carboxylic acids is 1. The molecule has 27 heavy (non-hydrogen) atoms. The molecule has 152 valence electrons. The van der Waals surface area contributed by atoms with Gasteiger partial charge >= 0.3 is 5.92 Å². The molecule has 1 aliphatic rings. The average Bonchev–Trinajstić information content (AvgIpc) is 2.84. The third-order valence-electron chi connectivity index (χ3n) is 4.67. The minimum absolute atomic E-state index is 0.176. The summed E-state index contributed by atoms with van der Waals surface area (Å²) in [5.74, 6) is -4.13. The van der Waals surface area contributed by atoms with E-state index in [1.807, 2.05) is 13.8 Å². The molecule has 0 aliphatic carbocycles. The van der Waals surface area contributed by atoms with Gasteiger partial charge in [0.05, 0.1) is 6.61 Å². The van der Waals surface area contributed by atoms with Gasteiger partial charge in [0.25, 0.3) is 5.56 Å². The predicted octanol–water partition coefficient (Wildman–Crippen LogP) is 1.89. The first-order valence-electron chi connectivity index (χ1n) is 9.11. The number of aliphatic hydroxyl groups excluding tert-OH is 2. The number of carbonyl (C=O) groups is 1. The van der Waals surface area contributed by atoms with Crippen LogP contribution in [0, 0.1) is 5.92 Å². The Morgan fingerprint density at radius 3 is 2.48 bits per heavy atom. The van der Waals surface area contributed by atoms with Crippen molar-refractivity contribution < 1.29 is 28.5 Å². The highest BCUT2D eigenvalue weighted by Gasteiger charge is 2.59. The van der Waals surface area contributed by atoms with Crippen molar-refractivity contribution in [3.05, 3.63) is 28.7 Å². The number of hydrogen-bond donors (Lipinski definition) is 3. The van der Waals surface area contributed by atoms with Crippen molar-refractivity contribution in [2.75, 3.05) is 11.9 Å². The van der Waals surface area contributed by atoms with Crippen LogP contribution in [0.5, 0.6) is 0 Å². The number of alkyl halides is 2. The molecule has 0 aromatic carbocycles. The van der Waals surface area contributed by atoms with Crippen LogP contribution in [0.3, 0.4) is 0 Å². The van der Waals surface area contributed by atoms with Gasteiger partial charge < -0.3 is 20.3 Å². The van der Waals surface area contributed by atoms with Gasteiger partial charge in [-0.1, -0.05) is 26.7 Å². The molecule has 1 aliphatic heterocycles. The van der Waals surface area contributed by atoms with E-state index in [0.717, 1.165) is 37.9 Å². The van der Waals surface area contributed by atoms with E-state index in [1.165, 1.54) is 6.07 Å². The van der Waals surface area contributed by atoms with Gasteiger partial charge in [0.1, 0.15) is 6.10 Å². The van der Waals surface area contributed by atoms with Gasteiger partial charge in [-0.2, -0.15) is 8.78 Å². The maximum atomic E-state index is 14.2. The molecular weight excluding hydrogens is 362 g/mol. The Morgan fingerprint density at radius 2 is 2.00 bits per heavy atom. The fourth-order valence-electron chi connectivity index (χ4n) is 3.23. The summed E-state index contributed by atoms with van der Waals surface area (Å²) < 4.78 is 33.9. The Hall–Kier alpha value is -1.84. The molecule has 1 aromatic heterocycles. The Morgan fingerprint density at radius 1 is 1.37 bits per heavy atom. The lowest BCUT2D eigenvalue weighted by atomic mass is 9.97. The number of nitrogens with one attached hydrogen (secondary N) is 1. The highest BCUT2D eigenvalue weighted by Crippen LogP contribution is 2.42. The van der Waals surface area contributed by atoms with Crippen molar-refractivity contribution in [1.82, 2.24) is 4.57 Å². The molecule has 3 atom stereocenters. The van der Waals surface area contributed by atoms with Crippen LogP contribution in [-0.2, 0) is 9.53 Å².